The fourth-order valence-electron chi connectivity index (χ4n) is 1.77. The number of aromatic nitrogens is 1. The molecule has 18 heavy (non-hydrogen) atoms. The largest absolute Gasteiger partial charge is 0.465 e. The van der Waals surface area contributed by atoms with Gasteiger partial charge in [-0.25, -0.2) is 9.78 Å². The summed E-state index contributed by atoms with van der Waals surface area (Å²) >= 11 is 7.06. The Morgan fingerprint density at radius 2 is 2.50 bits per heavy atom. The minimum atomic E-state index is -0.459. The average molecular weight is 291 g/mol. The van der Waals surface area contributed by atoms with Gasteiger partial charge in [0.05, 0.1) is 13.2 Å². The van der Waals surface area contributed by atoms with E-state index in [9.17, 15) is 4.79 Å². The monoisotopic (exact) mass is 290 g/mol. The van der Waals surface area contributed by atoms with Crippen molar-refractivity contribution in [3.05, 3.63) is 10.0 Å². The number of hydrogen-bond donors (Lipinski definition) is 1. The van der Waals surface area contributed by atoms with Crippen molar-refractivity contribution < 1.29 is 14.3 Å². The van der Waals surface area contributed by atoms with E-state index >= 15 is 0 Å². The fraction of sp³-hybridized carbons (Fsp3) is 0.636. The van der Waals surface area contributed by atoms with Gasteiger partial charge in [-0.3, -0.25) is 0 Å². The summed E-state index contributed by atoms with van der Waals surface area (Å²) in [5, 5.41) is 3.94. The molecule has 5 nitrogen and oxygen atoms in total. The normalized spacial score (nSPS) is 19.6. The highest BCUT2D eigenvalue weighted by Gasteiger charge is 2.18. The van der Waals surface area contributed by atoms with Gasteiger partial charge < -0.3 is 14.8 Å². The van der Waals surface area contributed by atoms with Crippen LogP contribution in [0, 0.1) is 0 Å². The first-order valence-corrected chi connectivity index (χ1v) is 7.00. The topological polar surface area (TPSA) is 60.5 Å². The van der Waals surface area contributed by atoms with Crippen LogP contribution in [0.3, 0.4) is 0 Å². The Morgan fingerprint density at radius 3 is 3.17 bits per heavy atom. The Bertz CT molecular complexity index is 418. The first-order chi connectivity index (χ1) is 8.70. The summed E-state index contributed by atoms with van der Waals surface area (Å²) in [7, 11) is 1.32. The van der Waals surface area contributed by atoms with Gasteiger partial charge >= 0.3 is 5.97 Å². The van der Waals surface area contributed by atoms with Crippen LogP contribution < -0.4 is 5.32 Å². The molecule has 1 aliphatic heterocycles. The molecule has 2 heterocycles. The summed E-state index contributed by atoms with van der Waals surface area (Å²) in [5.74, 6) is -0.459. The lowest BCUT2D eigenvalue weighted by atomic mass is 10.1. The molecule has 1 aromatic heterocycles. The smallest absolute Gasteiger partial charge is 0.351 e. The summed E-state index contributed by atoms with van der Waals surface area (Å²) < 4.78 is 10.2. The third kappa shape index (κ3) is 3.34. The number of esters is 1. The molecule has 1 N–H and O–H groups in total. The summed E-state index contributed by atoms with van der Waals surface area (Å²) in [6.07, 6.45) is 3.59. The second-order valence-corrected chi connectivity index (χ2v) is 5.36. The molecule has 0 aliphatic carbocycles. The predicted octanol–water partition coefficient (Wildman–Crippen LogP) is 2.56. The molecule has 7 heteroatoms. The quantitative estimate of drug-likeness (QED) is 0.864. The van der Waals surface area contributed by atoms with Crippen molar-refractivity contribution in [2.75, 3.05) is 25.6 Å². The van der Waals surface area contributed by atoms with Gasteiger partial charge in [0.2, 0.25) is 0 Å². The highest BCUT2D eigenvalue weighted by molar-refractivity contribution is 7.18. The van der Waals surface area contributed by atoms with E-state index in [2.05, 4.69) is 15.0 Å². The van der Waals surface area contributed by atoms with Crippen molar-refractivity contribution in [3.8, 4) is 0 Å². The zero-order valence-electron chi connectivity index (χ0n) is 10.1. The van der Waals surface area contributed by atoms with Gasteiger partial charge in [-0.2, -0.15) is 0 Å². The van der Waals surface area contributed by atoms with Crippen molar-refractivity contribution in [1.82, 2.24) is 4.98 Å². The van der Waals surface area contributed by atoms with Crippen LogP contribution in [-0.2, 0) is 9.47 Å². The van der Waals surface area contributed by atoms with Gasteiger partial charge in [0.25, 0.3) is 0 Å². The Balaban J connectivity index is 1.91. The molecule has 0 spiro atoms. The molecule has 1 atom stereocenters. The van der Waals surface area contributed by atoms with E-state index < -0.39 is 5.97 Å². The summed E-state index contributed by atoms with van der Waals surface area (Å²) in [6, 6.07) is 0. The van der Waals surface area contributed by atoms with Crippen LogP contribution in [0.2, 0.25) is 5.15 Å². The lowest BCUT2D eigenvalue weighted by Gasteiger charge is -2.22. The SMILES string of the molecule is COC(=O)c1sc(NCC2CCCCO2)nc1Cl. The molecule has 0 amide bonds. The molecule has 1 aliphatic rings. The zero-order valence-corrected chi connectivity index (χ0v) is 11.6. The number of thiazole rings is 1. The Morgan fingerprint density at radius 1 is 1.67 bits per heavy atom. The van der Waals surface area contributed by atoms with Gasteiger partial charge in [-0.15, -0.1) is 0 Å². The maximum absolute atomic E-state index is 11.4. The number of nitrogens with zero attached hydrogens (tertiary/aromatic N) is 1. The van der Waals surface area contributed by atoms with Crippen LogP contribution >= 0.6 is 22.9 Å². The van der Waals surface area contributed by atoms with Crippen LogP contribution in [-0.4, -0.2) is 37.3 Å². The fourth-order valence-corrected chi connectivity index (χ4v) is 2.88. The lowest BCUT2D eigenvalue weighted by Crippen LogP contribution is -2.26. The minimum Gasteiger partial charge on any atom is -0.465 e. The molecular formula is C11H15ClN2O3S. The van der Waals surface area contributed by atoms with Gasteiger partial charge in [0, 0.05) is 13.2 Å². The van der Waals surface area contributed by atoms with Crippen molar-refractivity contribution >= 4 is 34.0 Å². The second-order valence-electron chi connectivity index (χ2n) is 4.00. The van der Waals surface area contributed by atoms with Gasteiger partial charge in [0.1, 0.15) is 0 Å². The number of halogens is 1. The number of hydrogen-bond acceptors (Lipinski definition) is 6. The number of carbonyl (C=O) groups excluding carboxylic acids is 1. The van der Waals surface area contributed by atoms with E-state index in [0.29, 0.717) is 16.6 Å². The highest BCUT2D eigenvalue weighted by Crippen LogP contribution is 2.27. The van der Waals surface area contributed by atoms with Crippen LogP contribution in [0.5, 0.6) is 0 Å². The summed E-state index contributed by atoms with van der Waals surface area (Å²) in [4.78, 5) is 15.8. The molecule has 100 valence electrons. The Labute approximate surface area is 114 Å². The zero-order chi connectivity index (χ0) is 13.0. The molecular weight excluding hydrogens is 276 g/mol. The lowest BCUT2D eigenvalue weighted by molar-refractivity contribution is 0.0247. The number of nitrogens with one attached hydrogen (secondary N) is 1. The molecule has 0 aromatic carbocycles. The number of rotatable bonds is 4. The second kappa shape index (κ2) is 6.36. The Kier molecular flexibility index (Phi) is 4.79. The number of carbonyl (C=O) groups is 1. The molecule has 0 saturated carbocycles. The highest BCUT2D eigenvalue weighted by atomic mass is 35.5. The standard InChI is InChI=1S/C11H15ClN2O3S/c1-16-10(15)8-9(12)14-11(18-8)13-6-7-4-2-3-5-17-7/h7H,2-6H2,1H3,(H,13,14). The number of methoxy groups -OCH3 is 1. The van der Waals surface area contributed by atoms with E-state index in [4.69, 9.17) is 16.3 Å². The van der Waals surface area contributed by atoms with E-state index in [1.165, 1.54) is 24.9 Å². The molecule has 0 radical (unpaired) electrons. The van der Waals surface area contributed by atoms with Gasteiger partial charge in [-0.1, -0.05) is 22.9 Å². The Hall–Kier alpha value is -0.850. The van der Waals surface area contributed by atoms with Crippen LogP contribution in [0.4, 0.5) is 5.13 Å². The van der Waals surface area contributed by atoms with E-state index in [1.807, 2.05) is 0 Å². The van der Waals surface area contributed by atoms with E-state index in [-0.39, 0.29) is 11.3 Å². The van der Waals surface area contributed by atoms with Crippen molar-refractivity contribution in [2.45, 2.75) is 25.4 Å². The first kappa shape index (κ1) is 13.6. The molecule has 1 aromatic rings. The third-order valence-electron chi connectivity index (χ3n) is 2.71. The van der Waals surface area contributed by atoms with E-state index in [0.717, 1.165) is 19.4 Å². The van der Waals surface area contributed by atoms with Crippen LogP contribution in [0.15, 0.2) is 0 Å². The molecule has 1 fully saturated rings. The minimum absolute atomic E-state index is 0.180. The molecule has 2 rings (SSSR count). The summed E-state index contributed by atoms with van der Waals surface area (Å²) in [6.45, 7) is 1.50. The predicted molar refractivity (Wildman–Crippen MR) is 70.5 cm³/mol. The van der Waals surface area contributed by atoms with Crippen molar-refractivity contribution in [2.24, 2.45) is 0 Å². The van der Waals surface area contributed by atoms with Crippen LogP contribution in [0.1, 0.15) is 28.9 Å². The van der Waals surface area contributed by atoms with Crippen molar-refractivity contribution in [1.29, 1.82) is 0 Å². The number of ether oxygens (including phenoxy) is 2. The molecule has 0 bridgehead atoms. The van der Waals surface area contributed by atoms with Crippen molar-refractivity contribution in [3.63, 3.8) is 0 Å². The maximum atomic E-state index is 11.4. The van der Waals surface area contributed by atoms with Gasteiger partial charge in [-0.05, 0) is 19.3 Å². The summed E-state index contributed by atoms with van der Waals surface area (Å²) in [5.41, 5.74) is 0. The maximum Gasteiger partial charge on any atom is 0.351 e. The molecule has 1 unspecified atom stereocenters. The third-order valence-corrected chi connectivity index (χ3v) is 4.09. The number of anilines is 1. The van der Waals surface area contributed by atoms with E-state index in [1.54, 1.807) is 0 Å². The van der Waals surface area contributed by atoms with Gasteiger partial charge in [0.15, 0.2) is 15.2 Å². The van der Waals surface area contributed by atoms with Crippen LogP contribution in [0.25, 0.3) is 0 Å². The molecule has 1 saturated heterocycles. The average Bonchev–Trinajstić information content (AvgIpc) is 2.78. The first-order valence-electron chi connectivity index (χ1n) is 5.81.